The fraction of sp³-hybridized carbons (Fsp3) is 0.455. The van der Waals surface area contributed by atoms with E-state index in [1.807, 2.05) is 0 Å². The van der Waals surface area contributed by atoms with Gasteiger partial charge in [0.05, 0.1) is 10.5 Å². The Morgan fingerprint density at radius 3 is 2.29 bits per heavy atom. The van der Waals surface area contributed by atoms with Gasteiger partial charge in [0.2, 0.25) is 10.0 Å². The van der Waals surface area contributed by atoms with E-state index in [0.717, 1.165) is 11.4 Å². The summed E-state index contributed by atoms with van der Waals surface area (Å²) in [7, 11) is -3.29. The van der Waals surface area contributed by atoms with Gasteiger partial charge < -0.3 is 5.73 Å². The van der Waals surface area contributed by atoms with E-state index < -0.39 is 38.5 Å². The molecule has 1 aromatic carbocycles. The van der Waals surface area contributed by atoms with Crippen LogP contribution in [0.3, 0.4) is 0 Å². The van der Waals surface area contributed by atoms with Crippen LogP contribution in [0.25, 0.3) is 0 Å². The number of hydrogen-bond acceptors (Lipinski definition) is 3. The lowest BCUT2D eigenvalue weighted by Gasteiger charge is -2.24. The van der Waals surface area contributed by atoms with Crippen LogP contribution in [-0.2, 0) is 16.2 Å². The normalized spacial score (nSPS) is 13.9. The van der Waals surface area contributed by atoms with E-state index in [-0.39, 0.29) is 25.0 Å². The molecule has 1 unspecified atom stereocenters. The maximum atomic E-state index is 13.0. The average Bonchev–Trinajstić information content (AvgIpc) is 2.35. The van der Waals surface area contributed by atoms with E-state index in [0.29, 0.717) is 12.1 Å². The van der Waals surface area contributed by atoms with Crippen LogP contribution in [0.1, 0.15) is 12.5 Å². The van der Waals surface area contributed by atoms with Crippen molar-refractivity contribution in [2.75, 3.05) is 13.6 Å². The lowest BCUT2D eigenvalue weighted by molar-refractivity contribution is -0.140. The topological polar surface area (TPSA) is 63.4 Å². The Kier molecular flexibility index (Phi) is 6.61. The minimum Gasteiger partial charge on any atom is -0.329 e. The second kappa shape index (κ2) is 6.91. The molecule has 0 spiro atoms. The molecule has 1 atom stereocenters. The fourth-order valence-corrected chi connectivity index (χ4v) is 3.05. The van der Waals surface area contributed by atoms with Gasteiger partial charge in [0.25, 0.3) is 0 Å². The van der Waals surface area contributed by atoms with Crippen molar-refractivity contribution < 1.29 is 26.0 Å². The molecule has 0 aliphatic carbocycles. The van der Waals surface area contributed by atoms with Gasteiger partial charge in [-0.25, -0.2) is 12.8 Å². The molecule has 0 saturated carbocycles. The van der Waals surface area contributed by atoms with Crippen LogP contribution in [0.4, 0.5) is 17.6 Å². The molecule has 0 heterocycles. The number of rotatable bonds is 4. The molecule has 2 N–H and O–H groups in total. The first-order valence-electron chi connectivity index (χ1n) is 5.56. The molecule has 0 amide bonds. The van der Waals surface area contributed by atoms with Gasteiger partial charge in [-0.3, -0.25) is 0 Å². The summed E-state index contributed by atoms with van der Waals surface area (Å²) >= 11 is 0. The van der Waals surface area contributed by atoms with Gasteiger partial charge in [-0.1, -0.05) is 0 Å². The third-order valence-electron chi connectivity index (χ3n) is 2.87. The molecule has 10 heteroatoms. The van der Waals surface area contributed by atoms with Crippen molar-refractivity contribution >= 4 is 22.4 Å². The maximum absolute atomic E-state index is 13.0. The van der Waals surface area contributed by atoms with Crippen molar-refractivity contribution in [2.24, 2.45) is 5.73 Å². The highest BCUT2D eigenvalue weighted by atomic mass is 35.5. The molecule has 0 aliphatic rings. The Labute approximate surface area is 126 Å². The molecular weight excluding hydrogens is 336 g/mol. The van der Waals surface area contributed by atoms with Gasteiger partial charge in [0, 0.05) is 19.6 Å². The molecule has 0 aromatic heterocycles. The number of nitrogens with zero attached hydrogens (tertiary/aromatic N) is 1. The summed E-state index contributed by atoms with van der Waals surface area (Å²) in [4.78, 5) is -0.991. The van der Waals surface area contributed by atoms with E-state index in [4.69, 9.17) is 5.73 Å². The molecule has 1 aromatic rings. The van der Waals surface area contributed by atoms with E-state index in [2.05, 4.69) is 0 Å². The van der Waals surface area contributed by atoms with Crippen LogP contribution in [-0.4, -0.2) is 32.4 Å². The monoisotopic (exact) mass is 350 g/mol. The number of alkyl halides is 3. The summed E-state index contributed by atoms with van der Waals surface area (Å²) in [5.74, 6) is -1.16. The largest absolute Gasteiger partial charge is 0.417 e. The molecular formula is C11H15ClF4N2O2S. The Hall–Kier alpha value is -0.900. The number of hydrogen-bond donors (Lipinski definition) is 1. The van der Waals surface area contributed by atoms with Gasteiger partial charge in [-0.05, 0) is 25.1 Å². The Bertz CT molecular complexity index is 592. The van der Waals surface area contributed by atoms with Crippen molar-refractivity contribution in [3.8, 4) is 0 Å². The van der Waals surface area contributed by atoms with Crippen molar-refractivity contribution in [2.45, 2.75) is 24.0 Å². The third-order valence-corrected chi connectivity index (χ3v) is 4.90. The Morgan fingerprint density at radius 1 is 1.33 bits per heavy atom. The minimum absolute atomic E-state index is 0. The van der Waals surface area contributed by atoms with Gasteiger partial charge in [-0.2, -0.15) is 17.5 Å². The quantitative estimate of drug-likeness (QED) is 0.847. The number of halogens is 5. The zero-order valence-electron chi connectivity index (χ0n) is 11.2. The Morgan fingerprint density at radius 2 is 1.86 bits per heavy atom. The van der Waals surface area contributed by atoms with Crippen molar-refractivity contribution in [1.82, 2.24) is 4.31 Å². The summed E-state index contributed by atoms with van der Waals surface area (Å²) in [6.07, 6.45) is -4.97. The van der Waals surface area contributed by atoms with Crippen LogP contribution < -0.4 is 5.73 Å². The Balaban J connectivity index is 0.00000400. The highest BCUT2D eigenvalue weighted by Gasteiger charge is 2.39. The number of likely N-dealkylation sites (N-methyl/N-ethyl adjacent to an activating group) is 1. The van der Waals surface area contributed by atoms with Gasteiger partial charge in [0.1, 0.15) is 5.82 Å². The van der Waals surface area contributed by atoms with Crippen LogP contribution in [0.2, 0.25) is 0 Å². The summed E-state index contributed by atoms with van der Waals surface area (Å²) in [5.41, 5.74) is 3.77. The molecule has 0 radical (unpaired) electrons. The minimum atomic E-state index is -4.97. The first-order valence-corrected chi connectivity index (χ1v) is 7.00. The second-order valence-corrected chi connectivity index (χ2v) is 6.21. The number of nitrogens with two attached hydrogens (primary N) is 1. The summed E-state index contributed by atoms with van der Waals surface area (Å²) in [5, 5.41) is 0. The first kappa shape index (κ1) is 20.1. The van der Waals surface area contributed by atoms with E-state index in [1.165, 1.54) is 6.92 Å². The molecule has 1 rings (SSSR count). The fourth-order valence-electron chi connectivity index (χ4n) is 1.49. The number of benzene rings is 1. The van der Waals surface area contributed by atoms with Crippen molar-refractivity contribution in [3.63, 3.8) is 0 Å². The predicted molar refractivity (Wildman–Crippen MR) is 72.1 cm³/mol. The molecule has 0 aliphatic heterocycles. The van der Waals surface area contributed by atoms with E-state index in [9.17, 15) is 26.0 Å². The lowest BCUT2D eigenvalue weighted by Crippen LogP contribution is -2.40. The van der Waals surface area contributed by atoms with Crippen LogP contribution in [0, 0.1) is 5.82 Å². The van der Waals surface area contributed by atoms with E-state index >= 15 is 0 Å². The highest BCUT2D eigenvalue weighted by Crippen LogP contribution is 2.35. The smallest absolute Gasteiger partial charge is 0.329 e. The summed E-state index contributed by atoms with van der Waals surface area (Å²) in [6, 6.07) is 0.746. The van der Waals surface area contributed by atoms with Crippen LogP contribution in [0.5, 0.6) is 0 Å². The SMILES string of the molecule is CC(CN)N(C)S(=O)(=O)c1ccc(F)cc1C(F)(F)F.Cl. The first-order chi connectivity index (χ1) is 9.01. The third kappa shape index (κ3) is 4.29. The number of sulfonamides is 1. The standard InChI is InChI=1S/C11H14F4N2O2S.ClH/c1-7(6-16)17(2)20(18,19)10-4-3-8(12)5-9(10)11(13,14)15;/h3-5,7H,6,16H2,1-2H3;1H. The maximum Gasteiger partial charge on any atom is 0.417 e. The van der Waals surface area contributed by atoms with Crippen molar-refractivity contribution in [1.29, 1.82) is 0 Å². The zero-order valence-corrected chi connectivity index (χ0v) is 12.8. The van der Waals surface area contributed by atoms with Gasteiger partial charge in [0.15, 0.2) is 0 Å². The lowest BCUT2D eigenvalue weighted by atomic mass is 10.2. The van der Waals surface area contributed by atoms with Crippen LogP contribution in [0.15, 0.2) is 23.1 Å². The van der Waals surface area contributed by atoms with E-state index in [1.54, 1.807) is 0 Å². The van der Waals surface area contributed by atoms with Gasteiger partial charge >= 0.3 is 6.18 Å². The zero-order chi connectivity index (χ0) is 15.7. The predicted octanol–water partition coefficient (Wildman–Crippen LogP) is 2.23. The second-order valence-electron chi connectivity index (χ2n) is 4.24. The molecule has 0 saturated heterocycles. The van der Waals surface area contributed by atoms with Gasteiger partial charge in [-0.15, -0.1) is 12.4 Å². The van der Waals surface area contributed by atoms with Crippen molar-refractivity contribution in [3.05, 3.63) is 29.6 Å². The van der Waals surface area contributed by atoms with Crippen LogP contribution >= 0.6 is 12.4 Å². The molecule has 122 valence electrons. The summed E-state index contributed by atoms with van der Waals surface area (Å²) in [6.45, 7) is 1.40. The summed E-state index contributed by atoms with van der Waals surface area (Å²) < 4.78 is 76.5. The molecule has 0 fully saturated rings. The molecule has 0 bridgehead atoms. The highest BCUT2D eigenvalue weighted by molar-refractivity contribution is 7.89. The molecule has 21 heavy (non-hydrogen) atoms. The average molecular weight is 351 g/mol. The molecule has 4 nitrogen and oxygen atoms in total.